The lowest BCUT2D eigenvalue weighted by molar-refractivity contribution is 0.648. The number of halogens is 1. The van der Waals surface area contributed by atoms with Gasteiger partial charge in [0.1, 0.15) is 0 Å². The summed E-state index contributed by atoms with van der Waals surface area (Å²) < 4.78 is 2.03. The minimum atomic E-state index is 0. The molecule has 1 aromatic heterocycles. The third kappa shape index (κ3) is 5.29. The summed E-state index contributed by atoms with van der Waals surface area (Å²) in [5, 5.41) is 7.02. The Kier molecular flexibility index (Phi) is 7.51. The second kappa shape index (κ2) is 10.3. The molecule has 1 aliphatic rings. The minimum absolute atomic E-state index is 0. The summed E-state index contributed by atoms with van der Waals surface area (Å²) in [5.41, 5.74) is 3.60. The van der Waals surface area contributed by atoms with E-state index in [0.717, 1.165) is 31.2 Å². The lowest BCUT2D eigenvalue weighted by Crippen LogP contribution is -2.44. The lowest BCUT2D eigenvalue weighted by atomic mass is 10.1. The maximum atomic E-state index is 4.41. The van der Waals surface area contributed by atoms with E-state index in [9.17, 15) is 0 Å². The van der Waals surface area contributed by atoms with Crippen molar-refractivity contribution in [3.8, 4) is 5.69 Å². The van der Waals surface area contributed by atoms with Crippen molar-refractivity contribution in [1.82, 2.24) is 20.2 Å². The van der Waals surface area contributed by atoms with E-state index < -0.39 is 0 Å². The molecule has 2 N–H and O–H groups in total. The molecule has 0 bridgehead atoms. The molecular formula is C22H27IN6. The summed E-state index contributed by atoms with van der Waals surface area (Å²) in [6, 6.07) is 19.3. The molecule has 0 spiro atoms. The molecule has 4 rings (SSSR count). The van der Waals surface area contributed by atoms with Gasteiger partial charge in [0.2, 0.25) is 0 Å². The molecule has 0 saturated carbocycles. The first kappa shape index (κ1) is 21.2. The Hall–Kier alpha value is -2.55. The predicted octanol–water partition coefficient (Wildman–Crippen LogP) is 3.43. The molecule has 1 saturated heterocycles. The Morgan fingerprint density at radius 3 is 2.69 bits per heavy atom. The van der Waals surface area contributed by atoms with Crippen LogP contribution in [-0.4, -0.2) is 41.7 Å². The van der Waals surface area contributed by atoms with Crippen molar-refractivity contribution in [2.24, 2.45) is 4.99 Å². The maximum Gasteiger partial charge on any atom is 0.191 e. The molecule has 152 valence electrons. The zero-order chi connectivity index (χ0) is 19.2. The van der Waals surface area contributed by atoms with E-state index in [1.54, 1.807) is 6.20 Å². The van der Waals surface area contributed by atoms with Gasteiger partial charge in [-0.1, -0.05) is 36.4 Å². The van der Waals surface area contributed by atoms with Crippen LogP contribution in [0.25, 0.3) is 5.69 Å². The highest BCUT2D eigenvalue weighted by Crippen LogP contribution is 2.19. The third-order valence-electron chi connectivity index (χ3n) is 5.09. The Labute approximate surface area is 189 Å². The topological polar surface area (TPSA) is 57.5 Å². The first-order chi connectivity index (χ1) is 13.8. The number of hydrogen-bond donors (Lipinski definition) is 2. The number of nitrogens with one attached hydrogen (secondary N) is 2. The largest absolute Gasteiger partial charge is 0.369 e. The fourth-order valence-electron chi connectivity index (χ4n) is 3.63. The highest BCUT2D eigenvalue weighted by atomic mass is 127. The molecule has 0 amide bonds. The van der Waals surface area contributed by atoms with Crippen LogP contribution in [0.3, 0.4) is 0 Å². The molecule has 1 atom stereocenters. The minimum Gasteiger partial charge on any atom is -0.369 e. The molecule has 3 aromatic rings. The van der Waals surface area contributed by atoms with Gasteiger partial charge in [0.25, 0.3) is 0 Å². The van der Waals surface area contributed by atoms with Crippen molar-refractivity contribution in [3.05, 3.63) is 78.9 Å². The number of guanidine groups is 1. The second-order valence-electron chi connectivity index (χ2n) is 6.94. The quantitative estimate of drug-likeness (QED) is 0.319. The monoisotopic (exact) mass is 502 g/mol. The van der Waals surface area contributed by atoms with Gasteiger partial charge in [-0.15, -0.1) is 24.0 Å². The van der Waals surface area contributed by atoms with Crippen LogP contribution in [0.4, 0.5) is 5.69 Å². The first-order valence-electron chi connectivity index (χ1n) is 9.67. The first-order valence-corrected chi connectivity index (χ1v) is 9.67. The van der Waals surface area contributed by atoms with Crippen LogP contribution in [0.15, 0.2) is 78.3 Å². The van der Waals surface area contributed by atoms with Crippen molar-refractivity contribution >= 4 is 35.6 Å². The normalized spacial score (nSPS) is 16.4. The molecule has 0 aliphatic carbocycles. The van der Waals surface area contributed by atoms with Crippen LogP contribution in [-0.2, 0) is 6.54 Å². The number of nitrogens with zero attached hydrogens (tertiary/aromatic N) is 4. The Morgan fingerprint density at radius 2 is 1.93 bits per heavy atom. The summed E-state index contributed by atoms with van der Waals surface area (Å²) in [4.78, 5) is 11.0. The molecule has 7 heteroatoms. The maximum absolute atomic E-state index is 4.41. The molecule has 1 aliphatic heterocycles. The van der Waals surface area contributed by atoms with Gasteiger partial charge >= 0.3 is 0 Å². The zero-order valence-electron chi connectivity index (χ0n) is 16.5. The van der Waals surface area contributed by atoms with Crippen molar-refractivity contribution in [2.75, 3.05) is 25.0 Å². The molecular weight excluding hydrogens is 475 g/mol. The third-order valence-corrected chi connectivity index (χ3v) is 5.09. The summed E-state index contributed by atoms with van der Waals surface area (Å²) >= 11 is 0. The van der Waals surface area contributed by atoms with E-state index in [1.165, 1.54) is 11.3 Å². The fraction of sp³-hybridized carbons (Fsp3) is 0.273. The number of para-hydroxylation sites is 2. The van der Waals surface area contributed by atoms with Crippen molar-refractivity contribution in [1.29, 1.82) is 0 Å². The molecule has 29 heavy (non-hydrogen) atoms. The van der Waals surface area contributed by atoms with Crippen molar-refractivity contribution < 1.29 is 0 Å². The SMILES string of the molecule is CN=C(NCc1ccccc1-n1ccnc1)NC1CCN(c2ccccc2)C1.I. The standard InChI is InChI=1S/C22H26N6.HI/c1-23-22(26-19-11-13-27(16-19)20-8-3-2-4-9-20)25-15-18-7-5-6-10-21(18)28-14-12-24-17-28;/h2-10,12,14,17,19H,11,13,15-16H2,1H3,(H2,23,25,26);1H. The van der Waals surface area contributed by atoms with E-state index >= 15 is 0 Å². The van der Waals surface area contributed by atoms with Crippen molar-refractivity contribution in [3.63, 3.8) is 0 Å². The van der Waals surface area contributed by atoms with Crippen LogP contribution >= 0.6 is 24.0 Å². The molecule has 0 radical (unpaired) electrons. The highest BCUT2D eigenvalue weighted by molar-refractivity contribution is 14.0. The van der Waals surface area contributed by atoms with Gasteiger partial charge in [-0.3, -0.25) is 4.99 Å². The fourth-order valence-corrected chi connectivity index (χ4v) is 3.63. The number of aliphatic imine (C=N–C) groups is 1. The van der Waals surface area contributed by atoms with E-state index in [2.05, 4.69) is 74.0 Å². The number of hydrogen-bond acceptors (Lipinski definition) is 3. The number of rotatable bonds is 5. The Balaban J connectivity index is 0.00000240. The number of anilines is 1. The Morgan fingerprint density at radius 1 is 1.14 bits per heavy atom. The van der Waals surface area contributed by atoms with Gasteiger partial charge in [-0.05, 0) is 30.2 Å². The van der Waals surface area contributed by atoms with Gasteiger partial charge in [0.15, 0.2) is 5.96 Å². The summed E-state index contributed by atoms with van der Waals surface area (Å²) in [7, 11) is 1.82. The summed E-state index contributed by atoms with van der Waals surface area (Å²) in [5.74, 6) is 0.834. The summed E-state index contributed by atoms with van der Waals surface area (Å²) in [6.45, 7) is 2.74. The number of imidazole rings is 1. The van der Waals surface area contributed by atoms with Gasteiger partial charge in [0, 0.05) is 50.8 Å². The van der Waals surface area contributed by atoms with Crippen LogP contribution in [0.5, 0.6) is 0 Å². The highest BCUT2D eigenvalue weighted by Gasteiger charge is 2.23. The van der Waals surface area contributed by atoms with Gasteiger partial charge in [-0.2, -0.15) is 0 Å². The van der Waals surface area contributed by atoms with Crippen LogP contribution in [0, 0.1) is 0 Å². The molecule has 6 nitrogen and oxygen atoms in total. The lowest BCUT2D eigenvalue weighted by Gasteiger charge is -2.20. The molecule has 1 unspecified atom stereocenters. The average Bonchev–Trinajstić information content (AvgIpc) is 3.44. The van der Waals surface area contributed by atoms with E-state index in [1.807, 2.05) is 30.2 Å². The van der Waals surface area contributed by atoms with Gasteiger partial charge < -0.3 is 20.1 Å². The number of benzene rings is 2. The van der Waals surface area contributed by atoms with Crippen LogP contribution < -0.4 is 15.5 Å². The molecule has 2 aromatic carbocycles. The Bertz CT molecular complexity index is 910. The van der Waals surface area contributed by atoms with E-state index in [4.69, 9.17) is 0 Å². The number of aromatic nitrogens is 2. The molecule has 1 fully saturated rings. The average molecular weight is 502 g/mol. The summed E-state index contributed by atoms with van der Waals surface area (Å²) in [6.07, 6.45) is 6.68. The second-order valence-corrected chi connectivity index (χ2v) is 6.94. The van der Waals surface area contributed by atoms with Gasteiger partial charge in [-0.25, -0.2) is 4.98 Å². The predicted molar refractivity (Wildman–Crippen MR) is 129 cm³/mol. The van der Waals surface area contributed by atoms with Crippen molar-refractivity contribution in [2.45, 2.75) is 19.0 Å². The smallest absolute Gasteiger partial charge is 0.191 e. The van der Waals surface area contributed by atoms with Crippen LogP contribution in [0.1, 0.15) is 12.0 Å². The zero-order valence-corrected chi connectivity index (χ0v) is 18.9. The van der Waals surface area contributed by atoms with E-state index in [0.29, 0.717) is 12.6 Å². The molecule has 2 heterocycles. The van der Waals surface area contributed by atoms with E-state index in [-0.39, 0.29) is 24.0 Å². The van der Waals surface area contributed by atoms with Gasteiger partial charge in [0.05, 0.1) is 12.0 Å². The van der Waals surface area contributed by atoms with Crippen LogP contribution in [0.2, 0.25) is 0 Å².